The second-order valence-corrected chi connectivity index (χ2v) is 9.61. The Morgan fingerprint density at radius 2 is 1.71 bits per heavy atom. The number of hydrogen-bond acceptors (Lipinski definition) is 5. The molecule has 0 spiro atoms. The molecule has 4 rings (SSSR count). The van der Waals surface area contributed by atoms with Gasteiger partial charge in [-0.25, -0.2) is 0 Å². The Bertz CT molecular complexity index is 1120. The molecule has 0 aliphatic carbocycles. The number of benzene rings is 2. The largest absolute Gasteiger partial charge is 0.466 e. The molecule has 182 valence electrons. The molecule has 1 aromatic heterocycles. The molecule has 1 aliphatic rings. The molecule has 2 heterocycles. The lowest BCUT2D eigenvalue weighted by Gasteiger charge is -2.36. The maximum absolute atomic E-state index is 13.1. The van der Waals surface area contributed by atoms with Gasteiger partial charge in [0.25, 0.3) is 11.8 Å². The van der Waals surface area contributed by atoms with Gasteiger partial charge in [-0.05, 0) is 72.9 Å². The molecule has 3 aromatic rings. The third kappa shape index (κ3) is 6.36. The number of thiophene rings is 1. The van der Waals surface area contributed by atoms with E-state index in [-0.39, 0.29) is 23.7 Å². The van der Waals surface area contributed by atoms with Gasteiger partial charge in [0.2, 0.25) is 0 Å². The van der Waals surface area contributed by atoms with Crippen LogP contribution in [0.4, 0.5) is 5.69 Å². The first-order valence-electron chi connectivity index (χ1n) is 12.0. The number of anilines is 1. The van der Waals surface area contributed by atoms with Crippen molar-refractivity contribution >= 4 is 34.8 Å². The van der Waals surface area contributed by atoms with Gasteiger partial charge < -0.3 is 15.0 Å². The summed E-state index contributed by atoms with van der Waals surface area (Å²) in [5.41, 5.74) is 2.40. The first-order valence-corrected chi connectivity index (χ1v) is 12.9. The number of rotatable bonds is 8. The Morgan fingerprint density at radius 3 is 2.34 bits per heavy atom. The van der Waals surface area contributed by atoms with E-state index in [0.717, 1.165) is 18.4 Å². The lowest BCUT2D eigenvalue weighted by atomic mass is 9.78. The minimum atomic E-state index is -0.175. The zero-order valence-corrected chi connectivity index (χ0v) is 20.6. The van der Waals surface area contributed by atoms with Crippen molar-refractivity contribution in [1.29, 1.82) is 0 Å². The van der Waals surface area contributed by atoms with E-state index in [1.165, 1.54) is 11.3 Å². The van der Waals surface area contributed by atoms with Crippen molar-refractivity contribution in [3.8, 4) is 0 Å². The highest BCUT2D eigenvalue weighted by Crippen LogP contribution is 2.36. The molecule has 0 saturated carbocycles. The zero-order valence-electron chi connectivity index (χ0n) is 19.8. The quantitative estimate of drug-likeness (QED) is 0.418. The second-order valence-electron chi connectivity index (χ2n) is 8.66. The fraction of sp³-hybridized carbons (Fsp3) is 0.321. The summed E-state index contributed by atoms with van der Waals surface area (Å²) in [6, 6.07) is 20.8. The SMILES string of the molecule is CCOC(=O)C[C@@H](c1ccccc1)C1CCN(C(=O)c2ccc(NC(=O)c3cccs3)cc2)CC1. The second kappa shape index (κ2) is 11.8. The number of piperidine rings is 1. The summed E-state index contributed by atoms with van der Waals surface area (Å²) in [5.74, 6) is 0.0451. The van der Waals surface area contributed by atoms with E-state index in [4.69, 9.17) is 4.74 Å². The maximum Gasteiger partial charge on any atom is 0.306 e. The molecule has 0 radical (unpaired) electrons. The normalized spacial score (nSPS) is 14.8. The van der Waals surface area contributed by atoms with Gasteiger partial charge in [-0.15, -0.1) is 11.3 Å². The smallest absolute Gasteiger partial charge is 0.306 e. The average molecular weight is 491 g/mol. The Labute approximate surface area is 209 Å². The number of amides is 2. The fourth-order valence-electron chi connectivity index (χ4n) is 4.64. The Hall–Kier alpha value is -3.45. The van der Waals surface area contributed by atoms with Gasteiger partial charge in [0.1, 0.15) is 0 Å². The molecule has 1 atom stereocenters. The van der Waals surface area contributed by atoms with E-state index in [1.54, 1.807) is 30.3 Å². The summed E-state index contributed by atoms with van der Waals surface area (Å²) in [4.78, 5) is 40.1. The molecule has 1 N–H and O–H groups in total. The van der Waals surface area contributed by atoms with Crippen LogP contribution in [0.2, 0.25) is 0 Å². The molecule has 2 amide bonds. The Balaban J connectivity index is 1.36. The fourth-order valence-corrected chi connectivity index (χ4v) is 5.26. The van der Waals surface area contributed by atoms with Gasteiger partial charge in [-0.1, -0.05) is 36.4 Å². The zero-order chi connectivity index (χ0) is 24.6. The monoisotopic (exact) mass is 490 g/mol. The predicted molar refractivity (Wildman–Crippen MR) is 138 cm³/mol. The van der Waals surface area contributed by atoms with E-state index in [0.29, 0.717) is 48.2 Å². The summed E-state index contributed by atoms with van der Waals surface area (Å²) >= 11 is 1.38. The van der Waals surface area contributed by atoms with Crippen LogP contribution in [0.1, 0.15) is 57.7 Å². The summed E-state index contributed by atoms with van der Waals surface area (Å²) in [6.07, 6.45) is 2.02. The topological polar surface area (TPSA) is 75.7 Å². The van der Waals surface area contributed by atoms with E-state index in [1.807, 2.05) is 41.5 Å². The highest BCUT2D eigenvalue weighted by Gasteiger charge is 2.31. The van der Waals surface area contributed by atoms with Crippen LogP contribution in [0.25, 0.3) is 0 Å². The third-order valence-corrected chi connectivity index (χ3v) is 7.32. The van der Waals surface area contributed by atoms with Crippen LogP contribution in [0.3, 0.4) is 0 Å². The number of ether oxygens (including phenoxy) is 1. The summed E-state index contributed by atoms with van der Waals surface area (Å²) in [7, 11) is 0. The number of hydrogen-bond donors (Lipinski definition) is 1. The van der Waals surface area contributed by atoms with Gasteiger partial charge >= 0.3 is 5.97 Å². The molecule has 35 heavy (non-hydrogen) atoms. The van der Waals surface area contributed by atoms with E-state index in [9.17, 15) is 14.4 Å². The summed E-state index contributed by atoms with van der Waals surface area (Å²) in [5, 5.41) is 4.72. The number of carbonyl (C=O) groups is 3. The lowest BCUT2D eigenvalue weighted by molar-refractivity contribution is -0.144. The van der Waals surface area contributed by atoms with E-state index in [2.05, 4.69) is 17.4 Å². The molecule has 0 bridgehead atoms. The van der Waals surface area contributed by atoms with Crippen molar-refractivity contribution in [2.45, 2.75) is 32.1 Å². The third-order valence-electron chi connectivity index (χ3n) is 6.45. The van der Waals surface area contributed by atoms with Crippen molar-refractivity contribution in [2.24, 2.45) is 5.92 Å². The van der Waals surface area contributed by atoms with Gasteiger partial charge in [0.15, 0.2) is 0 Å². The Morgan fingerprint density at radius 1 is 1.00 bits per heavy atom. The Kier molecular flexibility index (Phi) is 8.32. The highest BCUT2D eigenvalue weighted by molar-refractivity contribution is 7.12. The summed E-state index contributed by atoms with van der Waals surface area (Å²) < 4.78 is 5.23. The predicted octanol–water partition coefficient (Wildman–Crippen LogP) is 5.59. The van der Waals surface area contributed by atoms with Crippen molar-refractivity contribution in [2.75, 3.05) is 25.0 Å². The minimum Gasteiger partial charge on any atom is -0.466 e. The lowest BCUT2D eigenvalue weighted by Crippen LogP contribution is -2.40. The van der Waals surface area contributed by atoms with Crippen LogP contribution in [0.5, 0.6) is 0 Å². The number of carbonyl (C=O) groups excluding carboxylic acids is 3. The maximum atomic E-state index is 13.1. The number of nitrogens with one attached hydrogen (secondary N) is 1. The molecule has 2 aromatic carbocycles. The van der Waals surface area contributed by atoms with Crippen LogP contribution in [-0.2, 0) is 9.53 Å². The van der Waals surface area contributed by atoms with Crippen LogP contribution in [0.15, 0.2) is 72.1 Å². The highest BCUT2D eigenvalue weighted by atomic mass is 32.1. The molecular formula is C28H30N2O4S. The van der Waals surface area contributed by atoms with E-state index < -0.39 is 0 Å². The molecule has 7 heteroatoms. The van der Waals surface area contributed by atoms with Crippen LogP contribution in [-0.4, -0.2) is 42.4 Å². The molecule has 1 saturated heterocycles. The van der Waals surface area contributed by atoms with Crippen LogP contribution in [0, 0.1) is 5.92 Å². The van der Waals surface area contributed by atoms with E-state index >= 15 is 0 Å². The molecular weight excluding hydrogens is 460 g/mol. The summed E-state index contributed by atoms with van der Waals surface area (Å²) in [6.45, 7) is 3.49. The number of nitrogens with zero attached hydrogens (tertiary/aromatic N) is 1. The number of likely N-dealkylation sites (tertiary alicyclic amines) is 1. The molecule has 0 unspecified atom stereocenters. The first-order chi connectivity index (χ1) is 17.0. The van der Waals surface area contributed by atoms with Crippen molar-refractivity contribution in [1.82, 2.24) is 4.90 Å². The van der Waals surface area contributed by atoms with Crippen LogP contribution >= 0.6 is 11.3 Å². The molecule has 1 fully saturated rings. The van der Waals surface area contributed by atoms with Gasteiger partial charge in [-0.2, -0.15) is 0 Å². The first kappa shape index (κ1) is 24.7. The number of esters is 1. The molecule has 6 nitrogen and oxygen atoms in total. The molecule has 1 aliphatic heterocycles. The van der Waals surface area contributed by atoms with Gasteiger partial charge in [0, 0.05) is 24.3 Å². The van der Waals surface area contributed by atoms with Crippen molar-refractivity contribution < 1.29 is 19.1 Å². The standard InChI is InChI=1S/C28H30N2O4S/c1-2-34-26(31)19-24(20-7-4-3-5-8-20)21-14-16-30(17-15-21)28(33)22-10-12-23(13-11-22)29-27(32)25-9-6-18-35-25/h3-13,18,21,24H,2,14-17,19H2,1H3,(H,29,32)/t24-/m0/s1. The van der Waals surface area contributed by atoms with Crippen molar-refractivity contribution in [3.05, 3.63) is 88.1 Å². The van der Waals surface area contributed by atoms with Gasteiger partial charge in [0.05, 0.1) is 17.9 Å². The van der Waals surface area contributed by atoms with Gasteiger partial charge in [-0.3, -0.25) is 14.4 Å². The average Bonchev–Trinajstić information content (AvgIpc) is 3.44. The van der Waals surface area contributed by atoms with Crippen LogP contribution < -0.4 is 5.32 Å². The van der Waals surface area contributed by atoms with Crippen molar-refractivity contribution in [3.63, 3.8) is 0 Å². The minimum absolute atomic E-state index is 0.0127.